The molecule has 30 heavy (non-hydrogen) atoms. The zero-order chi connectivity index (χ0) is 21.6. The molecule has 162 valence electrons. The highest BCUT2D eigenvalue weighted by molar-refractivity contribution is 5.85. The molecule has 5 nitrogen and oxygen atoms in total. The highest BCUT2D eigenvalue weighted by Gasteiger charge is 2.04. The van der Waals surface area contributed by atoms with Crippen molar-refractivity contribution in [3.05, 3.63) is 65.7 Å². The third kappa shape index (κ3) is 9.61. The van der Waals surface area contributed by atoms with Crippen LogP contribution in [0.1, 0.15) is 56.6 Å². The van der Waals surface area contributed by atoms with Crippen molar-refractivity contribution >= 4 is 12.0 Å². The van der Waals surface area contributed by atoms with E-state index in [0.717, 1.165) is 54.4 Å². The monoisotopic (exact) mass is 412 g/mol. The van der Waals surface area contributed by atoms with Gasteiger partial charge in [0.25, 0.3) is 0 Å². The molecule has 0 aliphatic carbocycles. The van der Waals surface area contributed by atoms with Gasteiger partial charge in [-0.2, -0.15) is 0 Å². The van der Waals surface area contributed by atoms with E-state index in [1.54, 1.807) is 6.08 Å². The summed E-state index contributed by atoms with van der Waals surface area (Å²) in [6.07, 6.45) is 8.31. The number of unbranched alkanes of at least 4 members (excludes halogenated alkanes) is 2. The molecule has 0 aliphatic heterocycles. The van der Waals surface area contributed by atoms with Gasteiger partial charge in [0.2, 0.25) is 0 Å². The molecule has 0 aliphatic rings. The Morgan fingerprint density at radius 1 is 1.00 bits per heavy atom. The van der Waals surface area contributed by atoms with Gasteiger partial charge in [-0.1, -0.05) is 56.5 Å². The number of hydrogen-bond donors (Lipinski definition) is 2. The molecular weight excluding hydrogens is 380 g/mol. The minimum absolute atomic E-state index is 0.235. The molecule has 2 aromatic rings. The molecular formula is C25H32O5. The molecule has 2 rings (SSSR count). The maximum Gasteiger partial charge on any atom is 0.328 e. The second-order valence-electron chi connectivity index (χ2n) is 7.32. The SMILES string of the molecule is CCCCCC(O)CCCOc1cccc(OCc2ccc(/C=C/C(=O)O)cc2)c1. The maximum atomic E-state index is 10.6. The molecule has 0 aromatic heterocycles. The first-order chi connectivity index (χ1) is 14.6. The molecule has 0 spiro atoms. The number of aliphatic hydroxyl groups excluding tert-OH is 1. The average molecular weight is 413 g/mol. The molecule has 2 aromatic carbocycles. The number of ether oxygens (including phenoxy) is 2. The third-order valence-corrected chi connectivity index (χ3v) is 4.70. The Kier molecular flexibility index (Phi) is 10.5. The summed E-state index contributed by atoms with van der Waals surface area (Å²) in [5, 5.41) is 18.6. The normalized spacial score (nSPS) is 12.1. The van der Waals surface area contributed by atoms with Crippen LogP contribution in [0.4, 0.5) is 0 Å². The van der Waals surface area contributed by atoms with Crippen molar-refractivity contribution in [3.63, 3.8) is 0 Å². The minimum Gasteiger partial charge on any atom is -0.493 e. The molecule has 0 radical (unpaired) electrons. The van der Waals surface area contributed by atoms with Gasteiger partial charge in [0.15, 0.2) is 0 Å². The highest BCUT2D eigenvalue weighted by atomic mass is 16.5. The van der Waals surface area contributed by atoms with Crippen LogP contribution < -0.4 is 9.47 Å². The van der Waals surface area contributed by atoms with E-state index in [9.17, 15) is 9.90 Å². The molecule has 1 unspecified atom stereocenters. The number of aliphatic carboxylic acids is 1. The quantitative estimate of drug-likeness (QED) is 0.318. The van der Waals surface area contributed by atoms with Gasteiger partial charge in [0, 0.05) is 12.1 Å². The number of hydrogen-bond acceptors (Lipinski definition) is 4. The smallest absolute Gasteiger partial charge is 0.328 e. The van der Waals surface area contributed by atoms with Crippen LogP contribution in [0.25, 0.3) is 6.08 Å². The van der Waals surface area contributed by atoms with E-state index in [2.05, 4.69) is 6.92 Å². The van der Waals surface area contributed by atoms with Crippen LogP contribution in [0.15, 0.2) is 54.6 Å². The van der Waals surface area contributed by atoms with Crippen molar-refractivity contribution in [1.29, 1.82) is 0 Å². The first kappa shape index (κ1) is 23.5. The predicted molar refractivity (Wildman–Crippen MR) is 119 cm³/mol. The fraction of sp³-hybridized carbons (Fsp3) is 0.400. The van der Waals surface area contributed by atoms with Crippen molar-refractivity contribution < 1.29 is 24.5 Å². The maximum absolute atomic E-state index is 10.6. The Morgan fingerprint density at radius 2 is 1.70 bits per heavy atom. The van der Waals surface area contributed by atoms with Gasteiger partial charge < -0.3 is 19.7 Å². The lowest BCUT2D eigenvalue weighted by atomic mass is 10.1. The van der Waals surface area contributed by atoms with Crippen LogP contribution in [0, 0.1) is 0 Å². The van der Waals surface area contributed by atoms with Crippen molar-refractivity contribution in [3.8, 4) is 11.5 Å². The lowest BCUT2D eigenvalue weighted by Gasteiger charge is -2.12. The first-order valence-electron chi connectivity index (χ1n) is 10.6. The fourth-order valence-electron chi connectivity index (χ4n) is 3.00. The number of rotatable bonds is 14. The standard InChI is InChI=1S/C25H32O5/c1-2-3-4-7-22(26)8-6-17-29-23-9-5-10-24(18-23)30-19-21-13-11-20(12-14-21)15-16-25(27)28/h5,9-16,18,22,26H,2-4,6-8,17,19H2,1H3,(H,27,28)/b16-15+. The fourth-order valence-corrected chi connectivity index (χ4v) is 3.00. The van der Waals surface area contributed by atoms with Crippen LogP contribution in [0.3, 0.4) is 0 Å². The molecule has 5 heteroatoms. The van der Waals surface area contributed by atoms with Crippen molar-refractivity contribution in [2.45, 2.75) is 58.2 Å². The topological polar surface area (TPSA) is 76.0 Å². The van der Waals surface area contributed by atoms with Gasteiger partial charge in [-0.05, 0) is 48.6 Å². The zero-order valence-electron chi connectivity index (χ0n) is 17.6. The van der Waals surface area contributed by atoms with E-state index in [-0.39, 0.29) is 6.10 Å². The van der Waals surface area contributed by atoms with Gasteiger partial charge in [-0.15, -0.1) is 0 Å². The van der Waals surface area contributed by atoms with Crippen molar-refractivity contribution in [1.82, 2.24) is 0 Å². The summed E-state index contributed by atoms with van der Waals surface area (Å²) in [5.74, 6) is 0.511. The van der Waals surface area contributed by atoms with E-state index in [0.29, 0.717) is 13.2 Å². The molecule has 1 atom stereocenters. The van der Waals surface area contributed by atoms with E-state index in [1.165, 1.54) is 12.8 Å². The largest absolute Gasteiger partial charge is 0.493 e. The number of carboxylic acid groups (broad SMARTS) is 1. The van der Waals surface area contributed by atoms with Crippen LogP contribution in [0.5, 0.6) is 11.5 Å². The minimum atomic E-state index is -0.965. The Hall–Kier alpha value is -2.79. The van der Waals surface area contributed by atoms with Crippen LogP contribution in [-0.2, 0) is 11.4 Å². The number of aliphatic hydroxyl groups is 1. The summed E-state index contributed by atoms with van der Waals surface area (Å²) >= 11 is 0. The van der Waals surface area contributed by atoms with Gasteiger partial charge in [0.05, 0.1) is 12.7 Å². The van der Waals surface area contributed by atoms with E-state index in [4.69, 9.17) is 14.6 Å². The Labute approximate surface area is 179 Å². The Morgan fingerprint density at radius 3 is 2.40 bits per heavy atom. The van der Waals surface area contributed by atoms with Crippen LogP contribution in [-0.4, -0.2) is 28.9 Å². The van der Waals surface area contributed by atoms with E-state index in [1.807, 2.05) is 48.5 Å². The van der Waals surface area contributed by atoms with Gasteiger partial charge in [0.1, 0.15) is 18.1 Å². The van der Waals surface area contributed by atoms with Crippen molar-refractivity contribution in [2.75, 3.05) is 6.61 Å². The van der Waals surface area contributed by atoms with Crippen LogP contribution in [0.2, 0.25) is 0 Å². The number of carbonyl (C=O) groups is 1. The molecule has 0 saturated heterocycles. The van der Waals surface area contributed by atoms with E-state index >= 15 is 0 Å². The first-order valence-corrected chi connectivity index (χ1v) is 10.6. The second kappa shape index (κ2) is 13.4. The summed E-state index contributed by atoms with van der Waals surface area (Å²) < 4.78 is 11.6. The van der Waals surface area contributed by atoms with Gasteiger partial charge >= 0.3 is 5.97 Å². The van der Waals surface area contributed by atoms with Gasteiger partial charge in [-0.25, -0.2) is 4.79 Å². The zero-order valence-corrected chi connectivity index (χ0v) is 17.6. The molecule has 0 heterocycles. The molecule has 2 N–H and O–H groups in total. The number of benzene rings is 2. The third-order valence-electron chi connectivity index (χ3n) is 4.70. The lowest BCUT2D eigenvalue weighted by molar-refractivity contribution is -0.131. The summed E-state index contributed by atoms with van der Waals surface area (Å²) in [4.78, 5) is 10.6. The number of carboxylic acids is 1. The molecule has 0 fully saturated rings. The molecule has 0 saturated carbocycles. The van der Waals surface area contributed by atoms with E-state index < -0.39 is 5.97 Å². The summed E-state index contributed by atoms with van der Waals surface area (Å²) in [6, 6.07) is 15.1. The summed E-state index contributed by atoms with van der Waals surface area (Å²) in [7, 11) is 0. The molecule has 0 bridgehead atoms. The summed E-state index contributed by atoms with van der Waals surface area (Å²) in [6.45, 7) is 3.15. The highest BCUT2D eigenvalue weighted by Crippen LogP contribution is 2.21. The second-order valence-corrected chi connectivity index (χ2v) is 7.32. The summed E-state index contributed by atoms with van der Waals surface area (Å²) in [5.41, 5.74) is 1.82. The van der Waals surface area contributed by atoms with Crippen molar-refractivity contribution in [2.24, 2.45) is 0 Å². The average Bonchev–Trinajstić information content (AvgIpc) is 2.75. The molecule has 0 amide bonds. The lowest BCUT2D eigenvalue weighted by Crippen LogP contribution is -2.09. The van der Waals surface area contributed by atoms with Gasteiger partial charge in [-0.3, -0.25) is 0 Å². The Bertz CT molecular complexity index is 782. The van der Waals surface area contributed by atoms with Crippen LogP contribution >= 0.6 is 0 Å². The predicted octanol–water partition coefficient (Wildman–Crippen LogP) is 5.46. The Balaban J connectivity index is 1.73.